The highest BCUT2D eigenvalue weighted by molar-refractivity contribution is 5.67. The average molecular weight is 268 g/mol. The second-order valence-corrected chi connectivity index (χ2v) is 6.76. The molecule has 1 heteroatoms. The van der Waals surface area contributed by atoms with Crippen molar-refractivity contribution < 1.29 is 5.11 Å². The van der Waals surface area contributed by atoms with E-state index in [0.717, 1.165) is 16.7 Å². The maximum absolute atomic E-state index is 10.3. The van der Waals surface area contributed by atoms with Gasteiger partial charge in [0.25, 0.3) is 0 Å². The molecule has 0 atom stereocenters. The first kappa shape index (κ1) is 14.6. The molecular weight excluding hydrogens is 244 g/mol. The van der Waals surface area contributed by atoms with E-state index in [1.807, 2.05) is 12.1 Å². The molecule has 0 aromatic heterocycles. The number of hydrogen-bond acceptors (Lipinski definition) is 1. The van der Waals surface area contributed by atoms with Crippen molar-refractivity contribution in [1.29, 1.82) is 0 Å². The predicted molar refractivity (Wildman–Crippen MR) is 86.3 cm³/mol. The number of benzene rings is 2. The summed E-state index contributed by atoms with van der Waals surface area (Å²) < 4.78 is 0. The summed E-state index contributed by atoms with van der Waals surface area (Å²) in [6, 6.07) is 14.5. The van der Waals surface area contributed by atoms with Crippen molar-refractivity contribution >= 4 is 0 Å². The molecule has 0 aliphatic rings. The third kappa shape index (κ3) is 3.04. The molecule has 0 aliphatic carbocycles. The first-order chi connectivity index (χ1) is 9.29. The number of hydrogen-bond donors (Lipinski definition) is 1. The van der Waals surface area contributed by atoms with Crippen LogP contribution < -0.4 is 0 Å². The van der Waals surface area contributed by atoms with Gasteiger partial charge in [0.05, 0.1) is 0 Å². The van der Waals surface area contributed by atoms with Crippen LogP contribution in [-0.2, 0) is 5.41 Å². The Morgan fingerprint density at radius 3 is 2.10 bits per heavy atom. The van der Waals surface area contributed by atoms with Gasteiger partial charge in [-0.05, 0) is 39.7 Å². The highest BCUT2D eigenvalue weighted by Crippen LogP contribution is 2.34. The van der Waals surface area contributed by atoms with Crippen LogP contribution in [0.25, 0.3) is 11.1 Å². The van der Waals surface area contributed by atoms with Gasteiger partial charge in [0, 0.05) is 0 Å². The number of phenols is 1. The van der Waals surface area contributed by atoms with E-state index in [4.69, 9.17) is 0 Å². The Bertz CT molecular complexity index is 603. The largest absolute Gasteiger partial charge is 0.508 e. The summed E-state index contributed by atoms with van der Waals surface area (Å²) in [7, 11) is 0. The molecule has 0 amide bonds. The van der Waals surface area contributed by atoms with Gasteiger partial charge < -0.3 is 5.11 Å². The lowest BCUT2D eigenvalue weighted by atomic mass is 9.85. The maximum Gasteiger partial charge on any atom is 0.119 e. The van der Waals surface area contributed by atoms with E-state index in [0.29, 0.717) is 11.7 Å². The van der Waals surface area contributed by atoms with Crippen LogP contribution >= 0.6 is 0 Å². The summed E-state index contributed by atoms with van der Waals surface area (Å²) in [5.41, 5.74) is 4.50. The van der Waals surface area contributed by atoms with E-state index in [2.05, 4.69) is 65.0 Å². The Labute approximate surface area is 122 Å². The molecule has 0 saturated heterocycles. The Kier molecular flexibility index (Phi) is 3.89. The summed E-state index contributed by atoms with van der Waals surface area (Å²) >= 11 is 0. The van der Waals surface area contributed by atoms with Gasteiger partial charge in [0.2, 0.25) is 0 Å². The lowest BCUT2D eigenvalue weighted by Crippen LogP contribution is -2.11. The minimum Gasteiger partial charge on any atom is -0.508 e. The molecular formula is C19H24O. The third-order valence-corrected chi connectivity index (χ3v) is 3.69. The van der Waals surface area contributed by atoms with Crippen LogP contribution in [0.3, 0.4) is 0 Å². The highest BCUT2D eigenvalue weighted by atomic mass is 16.3. The zero-order valence-electron chi connectivity index (χ0n) is 13.1. The highest BCUT2D eigenvalue weighted by Gasteiger charge is 2.18. The molecule has 0 saturated carbocycles. The van der Waals surface area contributed by atoms with E-state index >= 15 is 0 Å². The first-order valence-corrected chi connectivity index (χ1v) is 7.23. The van der Waals surface area contributed by atoms with Gasteiger partial charge in [-0.15, -0.1) is 0 Å². The van der Waals surface area contributed by atoms with Crippen molar-refractivity contribution in [3.05, 3.63) is 53.6 Å². The average Bonchev–Trinajstić information content (AvgIpc) is 2.37. The molecule has 2 aromatic rings. The topological polar surface area (TPSA) is 20.2 Å². The van der Waals surface area contributed by atoms with Gasteiger partial charge in [-0.25, -0.2) is 0 Å². The van der Waals surface area contributed by atoms with Crippen LogP contribution in [0.4, 0.5) is 0 Å². The number of rotatable bonds is 2. The number of aromatic hydroxyl groups is 1. The zero-order valence-corrected chi connectivity index (χ0v) is 13.1. The van der Waals surface area contributed by atoms with Crippen LogP contribution in [0.5, 0.6) is 5.75 Å². The first-order valence-electron chi connectivity index (χ1n) is 7.23. The number of phenolic OH excluding ortho intramolecular Hbond substituents is 1. The molecule has 106 valence electrons. The van der Waals surface area contributed by atoms with Gasteiger partial charge >= 0.3 is 0 Å². The molecule has 0 spiro atoms. The molecule has 0 aliphatic heterocycles. The van der Waals surface area contributed by atoms with Gasteiger partial charge in [-0.2, -0.15) is 0 Å². The quantitative estimate of drug-likeness (QED) is 0.764. The smallest absolute Gasteiger partial charge is 0.119 e. The standard InChI is InChI=1S/C19H24O/c1-13(2)14-7-6-8-15(11-14)16-9-10-17(18(20)12-16)19(3,4)5/h6-13,20H,1-5H3. The molecule has 2 rings (SSSR count). The van der Waals surface area contributed by atoms with Gasteiger partial charge in [-0.1, -0.05) is 71.0 Å². The molecule has 0 radical (unpaired) electrons. The molecule has 0 bridgehead atoms. The molecule has 2 aromatic carbocycles. The Hall–Kier alpha value is -1.76. The zero-order chi connectivity index (χ0) is 14.9. The van der Waals surface area contributed by atoms with Crippen LogP contribution in [-0.4, -0.2) is 5.11 Å². The van der Waals surface area contributed by atoms with E-state index in [9.17, 15) is 5.11 Å². The molecule has 1 N–H and O–H groups in total. The van der Waals surface area contributed by atoms with E-state index in [1.54, 1.807) is 0 Å². The Balaban J connectivity index is 2.44. The fraction of sp³-hybridized carbons (Fsp3) is 0.368. The molecule has 1 nitrogen and oxygen atoms in total. The maximum atomic E-state index is 10.3. The SMILES string of the molecule is CC(C)c1cccc(-c2ccc(C(C)(C)C)c(O)c2)c1. The van der Waals surface area contributed by atoms with Crippen LogP contribution in [0, 0.1) is 0 Å². The third-order valence-electron chi connectivity index (χ3n) is 3.69. The Morgan fingerprint density at radius 1 is 0.900 bits per heavy atom. The van der Waals surface area contributed by atoms with Gasteiger partial charge in [0.15, 0.2) is 0 Å². The van der Waals surface area contributed by atoms with Crippen molar-refractivity contribution in [1.82, 2.24) is 0 Å². The van der Waals surface area contributed by atoms with Crippen LogP contribution in [0.1, 0.15) is 51.7 Å². The van der Waals surface area contributed by atoms with E-state index in [1.165, 1.54) is 5.56 Å². The summed E-state index contributed by atoms with van der Waals surface area (Å²) in [5.74, 6) is 0.891. The van der Waals surface area contributed by atoms with Gasteiger partial charge in [0.1, 0.15) is 5.75 Å². The minimum atomic E-state index is -0.0393. The monoisotopic (exact) mass is 268 g/mol. The van der Waals surface area contributed by atoms with Gasteiger partial charge in [-0.3, -0.25) is 0 Å². The van der Waals surface area contributed by atoms with E-state index < -0.39 is 0 Å². The molecule has 0 unspecified atom stereocenters. The van der Waals surface area contributed by atoms with Crippen LogP contribution in [0.15, 0.2) is 42.5 Å². The van der Waals surface area contributed by atoms with Crippen LogP contribution in [0.2, 0.25) is 0 Å². The summed E-state index contributed by atoms with van der Waals surface area (Å²) in [6.45, 7) is 10.7. The van der Waals surface area contributed by atoms with Crippen molar-refractivity contribution in [2.75, 3.05) is 0 Å². The molecule has 20 heavy (non-hydrogen) atoms. The van der Waals surface area contributed by atoms with Crippen molar-refractivity contribution in [2.45, 2.75) is 46.0 Å². The fourth-order valence-electron chi connectivity index (χ4n) is 2.42. The summed E-state index contributed by atoms with van der Waals surface area (Å²) in [4.78, 5) is 0. The minimum absolute atomic E-state index is 0.0393. The fourth-order valence-corrected chi connectivity index (χ4v) is 2.42. The predicted octanol–water partition coefficient (Wildman–Crippen LogP) is 5.48. The van der Waals surface area contributed by atoms with Crippen molar-refractivity contribution in [2.24, 2.45) is 0 Å². The van der Waals surface area contributed by atoms with E-state index in [-0.39, 0.29) is 5.41 Å². The molecule has 0 fully saturated rings. The lowest BCUT2D eigenvalue weighted by molar-refractivity contribution is 0.447. The lowest BCUT2D eigenvalue weighted by Gasteiger charge is -2.21. The van der Waals surface area contributed by atoms with Crippen molar-refractivity contribution in [3.63, 3.8) is 0 Å². The second kappa shape index (κ2) is 5.32. The summed E-state index contributed by atoms with van der Waals surface area (Å²) in [5, 5.41) is 10.3. The Morgan fingerprint density at radius 2 is 1.55 bits per heavy atom. The second-order valence-electron chi connectivity index (χ2n) is 6.76. The van der Waals surface area contributed by atoms with Crippen molar-refractivity contribution in [3.8, 4) is 16.9 Å². The molecule has 0 heterocycles. The normalized spacial score (nSPS) is 11.9. The summed E-state index contributed by atoms with van der Waals surface area (Å²) in [6.07, 6.45) is 0.